The van der Waals surface area contributed by atoms with E-state index < -0.39 is 12.0 Å². The van der Waals surface area contributed by atoms with Crippen molar-refractivity contribution in [1.29, 1.82) is 0 Å². The molecule has 2 heterocycles. The Balaban J connectivity index is 1.51. The Morgan fingerprint density at radius 3 is 2.41 bits per heavy atom. The molecule has 0 saturated carbocycles. The van der Waals surface area contributed by atoms with Crippen LogP contribution in [0.25, 0.3) is 10.9 Å². The molecule has 1 aliphatic heterocycles. The number of fused-ring (bicyclic) bond motifs is 1. The van der Waals surface area contributed by atoms with Crippen molar-refractivity contribution in [1.82, 2.24) is 14.8 Å². The smallest absolute Gasteiger partial charge is 0.327 e. The van der Waals surface area contributed by atoms with E-state index in [4.69, 9.17) is 16.3 Å². The third kappa shape index (κ3) is 4.45. The molecule has 6 nitrogen and oxygen atoms in total. The zero-order valence-electron chi connectivity index (χ0n) is 17.8. The van der Waals surface area contributed by atoms with Gasteiger partial charge in [0.25, 0.3) is 5.91 Å². The molecule has 166 valence electrons. The van der Waals surface area contributed by atoms with E-state index in [2.05, 4.69) is 4.98 Å². The zero-order chi connectivity index (χ0) is 22.8. The number of ether oxygens (including phenoxy) is 1. The van der Waals surface area contributed by atoms with E-state index in [0.29, 0.717) is 48.0 Å². The highest BCUT2D eigenvalue weighted by molar-refractivity contribution is 6.31. The first-order valence-corrected chi connectivity index (χ1v) is 10.7. The van der Waals surface area contributed by atoms with Crippen LogP contribution in [0.1, 0.15) is 27.7 Å². The number of nitrogens with zero attached hydrogens (tertiary/aromatic N) is 3. The van der Waals surface area contributed by atoms with Crippen LogP contribution in [-0.2, 0) is 9.53 Å². The fourth-order valence-electron chi connectivity index (χ4n) is 4.07. The van der Waals surface area contributed by atoms with Gasteiger partial charge in [-0.1, -0.05) is 23.7 Å². The molecule has 0 radical (unpaired) electrons. The van der Waals surface area contributed by atoms with Gasteiger partial charge in [-0.05, 0) is 48.9 Å². The highest BCUT2D eigenvalue weighted by atomic mass is 35.5. The number of piperazine rings is 1. The first-order chi connectivity index (χ1) is 15.4. The second kappa shape index (κ2) is 9.22. The quantitative estimate of drug-likeness (QED) is 0.556. The maximum absolute atomic E-state index is 13.3. The molecule has 1 aliphatic rings. The van der Waals surface area contributed by atoms with Crippen molar-refractivity contribution in [2.24, 2.45) is 0 Å². The van der Waals surface area contributed by atoms with Gasteiger partial charge < -0.3 is 9.64 Å². The van der Waals surface area contributed by atoms with E-state index in [1.54, 1.807) is 29.2 Å². The fourth-order valence-corrected chi connectivity index (χ4v) is 4.25. The Morgan fingerprint density at radius 1 is 1.06 bits per heavy atom. The van der Waals surface area contributed by atoms with Crippen LogP contribution in [0.3, 0.4) is 0 Å². The summed E-state index contributed by atoms with van der Waals surface area (Å²) >= 11 is 6.09. The van der Waals surface area contributed by atoms with Gasteiger partial charge >= 0.3 is 5.97 Å². The third-order valence-corrected chi connectivity index (χ3v) is 6.01. The van der Waals surface area contributed by atoms with E-state index in [1.807, 2.05) is 24.0 Å². The summed E-state index contributed by atoms with van der Waals surface area (Å²) in [6.07, 6.45) is 0. The van der Waals surface area contributed by atoms with Crippen LogP contribution in [0.4, 0.5) is 4.39 Å². The van der Waals surface area contributed by atoms with Crippen LogP contribution >= 0.6 is 11.6 Å². The molecular weight excluding hydrogens is 433 g/mol. The number of carbonyl (C=O) groups excluding carboxylic acids is 2. The molecular formula is C24H23ClFN3O3. The molecule has 4 rings (SSSR count). The van der Waals surface area contributed by atoms with E-state index in [1.165, 1.54) is 19.2 Å². The van der Waals surface area contributed by atoms with Crippen molar-refractivity contribution in [2.75, 3.05) is 33.3 Å². The third-order valence-electron chi connectivity index (χ3n) is 5.77. The van der Waals surface area contributed by atoms with Crippen molar-refractivity contribution >= 4 is 34.4 Å². The minimum absolute atomic E-state index is 0.104. The topological polar surface area (TPSA) is 62.7 Å². The highest BCUT2D eigenvalue weighted by Crippen LogP contribution is 2.26. The monoisotopic (exact) mass is 455 g/mol. The lowest BCUT2D eigenvalue weighted by Crippen LogP contribution is -2.51. The van der Waals surface area contributed by atoms with Gasteiger partial charge in [0.15, 0.2) is 0 Å². The summed E-state index contributed by atoms with van der Waals surface area (Å²) < 4.78 is 18.3. The number of esters is 1. The Hall–Kier alpha value is -3.03. The molecule has 1 saturated heterocycles. The van der Waals surface area contributed by atoms with Crippen molar-refractivity contribution in [3.8, 4) is 0 Å². The average molecular weight is 456 g/mol. The highest BCUT2D eigenvalue weighted by Gasteiger charge is 2.33. The van der Waals surface area contributed by atoms with Crippen molar-refractivity contribution < 1.29 is 18.7 Å². The molecule has 1 atom stereocenters. The normalized spacial score (nSPS) is 15.6. The number of aryl methyl sites for hydroxylation is 1. The second-order valence-electron chi connectivity index (χ2n) is 7.76. The fraction of sp³-hybridized carbons (Fsp3) is 0.292. The van der Waals surface area contributed by atoms with Crippen LogP contribution in [0, 0.1) is 12.7 Å². The minimum atomic E-state index is -0.649. The van der Waals surface area contributed by atoms with Crippen molar-refractivity contribution in [2.45, 2.75) is 13.0 Å². The lowest BCUT2D eigenvalue weighted by Gasteiger charge is -2.38. The lowest BCUT2D eigenvalue weighted by atomic mass is 10.0. The minimum Gasteiger partial charge on any atom is -0.468 e. The summed E-state index contributed by atoms with van der Waals surface area (Å²) in [7, 11) is 1.33. The summed E-state index contributed by atoms with van der Waals surface area (Å²) in [6, 6.07) is 12.4. The van der Waals surface area contributed by atoms with Gasteiger partial charge in [-0.25, -0.2) is 9.18 Å². The molecule has 0 bridgehead atoms. The maximum atomic E-state index is 13.3. The second-order valence-corrected chi connectivity index (χ2v) is 8.20. The molecule has 1 unspecified atom stereocenters. The number of carbonyl (C=O) groups is 2. The van der Waals surface area contributed by atoms with Crippen LogP contribution in [0.5, 0.6) is 0 Å². The SMILES string of the molecule is COC(=O)C(c1ccc(F)cc1)N1CCN(C(=O)c2cc3cc(Cl)ccc3nc2C)CC1. The number of methoxy groups -OCH3 is 1. The molecule has 0 spiro atoms. The molecule has 1 amide bonds. The first-order valence-electron chi connectivity index (χ1n) is 10.3. The molecule has 1 aromatic heterocycles. The van der Waals surface area contributed by atoms with Gasteiger partial charge in [-0.3, -0.25) is 14.7 Å². The molecule has 2 aromatic carbocycles. The van der Waals surface area contributed by atoms with E-state index in [-0.39, 0.29) is 11.7 Å². The van der Waals surface area contributed by atoms with E-state index >= 15 is 0 Å². The Labute approximate surface area is 190 Å². The molecule has 0 aliphatic carbocycles. The van der Waals surface area contributed by atoms with Crippen molar-refractivity contribution in [3.63, 3.8) is 0 Å². The molecule has 8 heteroatoms. The summed E-state index contributed by atoms with van der Waals surface area (Å²) in [5.41, 5.74) is 2.64. The number of pyridine rings is 1. The summed E-state index contributed by atoms with van der Waals surface area (Å²) in [6.45, 7) is 3.67. The first kappa shape index (κ1) is 22.2. The summed E-state index contributed by atoms with van der Waals surface area (Å²) in [5, 5.41) is 1.40. The predicted molar refractivity (Wildman–Crippen MR) is 120 cm³/mol. The van der Waals surface area contributed by atoms with Crippen LogP contribution in [0.2, 0.25) is 5.02 Å². The van der Waals surface area contributed by atoms with Crippen LogP contribution in [-0.4, -0.2) is 59.9 Å². The van der Waals surface area contributed by atoms with Gasteiger partial charge in [0.1, 0.15) is 11.9 Å². The maximum Gasteiger partial charge on any atom is 0.327 e. The standard InChI is InChI=1S/C24H23ClFN3O3/c1-15-20(14-17-13-18(25)5-8-21(17)27-15)23(30)29-11-9-28(10-12-29)22(24(31)32-2)16-3-6-19(26)7-4-16/h3-8,13-14,22H,9-12H2,1-2H3. The number of hydrogen-bond acceptors (Lipinski definition) is 5. The number of rotatable bonds is 4. The Bertz CT molecular complexity index is 1160. The predicted octanol–water partition coefficient (Wildman–Crippen LogP) is 4.01. The van der Waals surface area contributed by atoms with Gasteiger partial charge in [-0.15, -0.1) is 0 Å². The van der Waals surface area contributed by atoms with E-state index in [0.717, 1.165) is 10.9 Å². The van der Waals surface area contributed by atoms with Crippen molar-refractivity contribution in [3.05, 3.63) is 76.2 Å². The van der Waals surface area contributed by atoms with Gasteiger partial charge in [-0.2, -0.15) is 0 Å². The summed E-state index contributed by atoms with van der Waals surface area (Å²) in [4.78, 5) is 34.0. The van der Waals surface area contributed by atoms with Gasteiger partial charge in [0, 0.05) is 36.6 Å². The van der Waals surface area contributed by atoms with Crippen LogP contribution < -0.4 is 0 Å². The van der Waals surface area contributed by atoms with Gasteiger partial charge in [0.05, 0.1) is 23.9 Å². The number of hydrogen-bond donors (Lipinski definition) is 0. The summed E-state index contributed by atoms with van der Waals surface area (Å²) in [5.74, 6) is -0.885. The molecule has 0 N–H and O–H groups in total. The number of benzene rings is 2. The number of aromatic nitrogens is 1. The molecule has 1 fully saturated rings. The van der Waals surface area contributed by atoms with Gasteiger partial charge in [0.2, 0.25) is 0 Å². The Kier molecular flexibility index (Phi) is 6.39. The molecule has 32 heavy (non-hydrogen) atoms. The zero-order valence-corrected chi connectivity index (χ0v) is 18.6. The van der Waals surface area contributed by atoms with Crippen LogP contribution in [0.15, 0.2) is 48.5 Å². The average Bonchev–Trinajstić information content (AvgIpc) is 2.80. The number of amides is 1. The lowest BCUT2D eigenvalue weighted by molar-refractivity contribution is -0.148. The molecule has 3 aromatic rings. The number of halogens is 2. The largest absolute Gasteiger partial charge is 0.468 e. The Morgan fingerprint density at radius 2 is 1.75 bits per heavy atom. The van der Waals surface area contributed by atoms with E-state index in [9.17, 15) is 14.0 Å².